The third-order valence-corrected chi connectivity index (χ3v) is 7.39. The van der Waals surface area contributed by atoms with Crippen LogP contribution in [0, 0.1) is 11.3 Å². The van der Waals surface area contributed by atoms with Crippen molar-refractivity contribution in [2.45, 2.75) is 11.8 Å². The lowest BCUT2D eigenvalue weighted by molar-refractivity contribution is 0.0702. The lowest BCUT2D eigenvalue weighted by Crippen LogP contribution is -2.34. The minimum Gasteiger partial charge on any atom is -0.477 e. The Morgan fingerprint density at radius 1 is 1.43 bits per heavy atom. The average molecular weight is 330 g/mol. The van der Waals surface area contributed by atoms with E-state index in [9.17, 15) is 13.2 Å². The Kier molecular flexibility index (Phi) is 3.40. The molecule has 1 aromatic heterocycles. The molecule has 1 N–H and O–H groups in total. The van der Waals surface area contributed by atoms with E-state index in [2.05, 4.69) is 18.9 Å². The van der Waals surface area contributed by atoms with Crippen LogP contribution in [0.25, 0.3) is 0 Å². The van der Waals surface area contributed by atoms with E-state index in [-0.39, 0.29) is 15.2 Å². The lowest BCUT2D eigenvalue weighted by atomic mass is 9.83. The summed E-state index contributed by atoms with van der Waals surface area (Å²) >= 11 is 0.951. The summed E-state index contributed by atoms with van der Waals surface area (Å²) < 4.78 is 26.8. The number of carboxylic acid groups (broad SMARTS) is 1. The zero-order valence-corrected chi connectivity index (χ0v) is 13.6. The van der Waals surface area contributed by atoms with Crippen LogP contribution in [0.5, 0.6) is 0 Å². The van der Waals surface area contributed by atoms with Gasteiger partial charge in [-0.05, 0) is 24.4 Å². The van der Waals surface area contributed by atoms with Crippen molar-refractivity contribution in [1.29, 1.82) is 0 Å². The molecular formula is C13H18N2O4S2. The molecule has 0 bridgehead atoms. The maximum Gasteiger partial charge on any atom is 0.345 e. The van der Waals surface area contributed by atoms with Gasteiger partial charge in [0.15, 0.2) is 0 Å². The molecule has 3 rings (SSSR count). The SMILES string of the molecule is CN1C[C@@H]2CN(S(=O)(=O)c3csc(C(=O)O)c3)C[C@]2(C)C1. The molecule has 0 saturated carbocycles. The van der Waals surface area contributed by atoms with Crippen molar-refractivity contribution in [2.75, 3.05) is 33.2 Å². The van der Waals surface area contributed by atoms with Crippen LogP contribution in [0.3, 0.4) is 0 Å². The Morgan fingerprint density at radius 2 is 2.14 bits per heavy atom. The summed E-state index contributed by atoms with van der Waals surface area (Å²) in [6.07, 6.45) is 0. The third kappa shape index (κ3) is 2.40. The van der Waals surface area contributed by atoms with Crippen molar-refractivity contribution in [3.63, 3.8) is 0 Å². The number of aromatic carboxylic acids is 1. The Hall–Kier alpha value is -0.960. The molecule has 6 nitrogen and oxygen atoms in total. The van der Waals surface area contributed by atoms with Crippen LogP contribution in [-0.2, 0) is 10.0 Å². The molecule has 1 aromatic rings. The summed E-state index contributed by atoms with van der Waals surface area (Å²) in [5, 5.41) is 10.3. The van der Waals surface area contributed by atoms with Gasteiger partial charge in [0, 0.05) is 31.6 Å². The molecule has 2 atom stereocenters. The maximum atomic E-state index is 12.7. The second-order valence-corrected chi connectivity index (χ2v) is 9.15. The fourth-order valence-corrected chi connectivity index (χ4v) is 6.19. The number of carboxylic acids is 1. The van der Waals surface area contributed by atoms with E-state index < -0.39 is 16.0 Å². The van der Waals surface area contributed by atoms with Gasteiger partial charge < -0.3 is 10.0 Å². The number of likely N-dealkylation sites (tertiary alicyclic amines) is 1. The second-order valence-electron chi connectivity index (χ2n) is 6.30. The van der Waals surface area contributed by atoms with Crippen LogP contribution >= 0.6 is 11.3 Å². The van der Waals surface area contributed by atoms with Crippen molar-refractivity contribution in [2.24, 2.45) is 11.3 Å². The quantitative estimate of drug-likeness (QED) is 0.895. The van der Waals surface area contributed by atoms with Gasteiger partial charge in [0.05, 0.1) is 4.90 Å². The molecule has 2 aliphatic heterocycles. The van der Waals surface area contributed by atoms with Crippen molar-refractivity contribution in [1.82, 2.24) is 9.21 Å². The zero-order valence-electron chi connectivity index (χ0n) is 11.9. The van der Waals surface area contributed by atoms with Crippen molar-refractivity contribution >= 4 is 27.3 Å². The molecule has 116 valence electrons. The molecule has 0 amide bonds. The van der Waals surface area contributed by atoms with Crippen molar-refractivity contribution in [3.8, 4) is 0 Å². The summed E-state index contributed by atoms with van der Waals surface area (Å²) in [7, 11) is -1.53. The second kappa shape index (κ2) is 4.77. The Balaban J connectivity index is 1.85. The summed E-state index contributed by atoms with van der Waals surface area (Å²) in [5.41, 5.74) is -0.00648. The monoisotopic (exact) mass is 330 g/mol. The van der Waals surface area contributed by atoms with Gasteiger partial charge in [-0.15, -0.1) is 11.3 Å². The molecule has 2 aliphatic rings. The van der Waals surface area contributed by atoms with Crippen LogP contribution in [0.1, 0.15) is 16.6 Å². The molecule has 2 saturated heterocycles. The molecule has 8 heteroatoms. The van der Waals surface area contributed by atoms with Gasteiger partial charge in [0.2, 0.25) is 10.0 Å². The largest absolute Gasteiger partial charge is 0.477 e. The molecule has 0 spiro atoms. The van der Waals surface area contributed by atoms with E-state index in [0.29, 0.717) is 19.0 Å². The van der Waals surface area contributed by atoms with Gasteiger partial charge in [0.25, 0.3) is 0 Å². The lowest BCUT2D eigenvalue weighted by Gasteiger charge is -2.23. The van der Waals surface area contributed by atoms with Crippen LogP contribution in [0.15, 0.2) is 16.3 Å². The van der Waals surface area contributed by atoms with Crippen LogP contribution < -0.4 is 0 Å². The number of carbonyl (C=O) groups is 1. The Labute approximate surface area is 128 Å². The molecule has 0 aromatic carbocycles. The normalized spacial score (nSPS) is 30.7. The number of thiophene rings is 1. The van der Waals surface area contributed by atoms with E-state index in [4.69, 9.17) is 5.11 Å². The third-order valence-electron chi connectivity index (χ3n) is 4.53. The number of sulfonamides is 1. The van der Waals surface area contributed by atoms with E-state index >= 15 is 0 Å². The first-order valence-corrected chi connectivity index (χ1v) is 9.05. The summed E-state index contributed by atoms with van der Waals surface area (Å²) in [4.78, 5) is 13.3. The van der Waals surface area contributed by atoms with E-state index in [0.717, 1.165) is 24.4 Å². The van der Waals surface area contributed by atoms with Crippen molar-refractivity contribution in [3.05, 3.63) is 16.3 Å². The molecular weight excluding hydrogens is 312 g/mol. The molecule has 0 aliphatic carbocycles. The highest BCUT2D eigenvalue weighted by Crippen LogP contribution is 2.43. The summed E-state index contributed by atoms with van der Waals surface area (Å²) in [5.74, 6) is -0.747. The molecule has 0 radical (unpaired) electrons. The van der Waals surface area contributed by atoms with Crippen molar-refractivity contribution < 1.29 is 18.3 Å². The number of rotatable bonds is 3. The number of nitrogens with zero attached hydrogens (tertiary/aromatic N) is 2. The molecule has 0 unspecified atom stereocenters. The standard InChI is InChI=1S/C13H18N2O4S2/c1-13-7-14(2)4-9(13)5-15(8-13)21(18,19)10-3-11(12(16)17)20-6-10/h3,6,9H,4-5,7-8H2,1-2H3,(H,16,17)/t9-,13+/m1/s1. The molecule has 21 heavy (non-hydrogen) atoms. The van der Waals surface area contributed by atoms with Crippen LogP contribution in [0.2, 0.25) is 0 Å². The number of fused-ring (bicyclic) bond motifs is 1. The maximum absolute atomic E-state index is 12.7. The van der Waals surface area contributed by atoms with E-state index in [1.165, 1.54) is 15.8 Å². The number of hydrogen-bond acceptors (Lipinski definition) is 5. The minimum atomic E-state index is -3.59. The van der Waals surface area contributed by atoms with Crippen LogP contribution in [0.4, 0.5) is 0 Å². The minimum absolute atomic E-state index is 0.00648. The smallest absolute Gasteiger partial charge is 0.345 e. The Bertz CT molecular complexity index is 684. The molecule has 3 heterocycles. The van der Waals surface area contributed by atoms with Gasteiger partial charge >= 0.3 is 5.97 Å². The predicted octanol–water partition coefficient (Wildman–Crippen LogP) is 1.02. The van der Waals surface area contributed by atoms with Crippen LogP contribution in [-0.4, -0.2) is 61.9 Å². The van der Waals surface area contributed by atoms with E-state index in [1.54, 1.807) is 0 Å². The van der Waals surface area contributed by atoms with Gasteiger partial charge in [-0.2, -0.15) is 4.31 Å². The zero-order chi connectivity index (χ0) is 15.4. The van der Waals surface area contributed by atoms with Gasteiger partial charge in [-0.25, -0.2) is 13.2 Å². The van der Waals surface area contributed by atoms with Gasteiger partial charge in [-0.3, -0.25) is 0 Å². The first kappa shape index (κ1) is 15.0. The fourth-order valence-electron chi connectivity index (χ4n) is 3.48. The van der Waals surface area contributed by atoms with E-state index in [1.807, 2.05) is 0 Å². The summed E-state index contributed by atoms with van der Waals surface area (Å²) in [6, 6.07) is 1.25. The average Bonchev–Trinajstić information content (AvgIpc) is 3.00. The fraction of sp³-hybridized carbons (Fsp3) is 0.615. The first-order chi connectivity index (χ1) is 9.72. The highest BCUT2D eigenvalue weighted by Gasteiger charge is 2.51. The first-order valence-electron chi connectivity index (χ1n) is 6.73. The van der Waals surface area contributed by atoms with Gasteiger partial charge in [-0.1, -0.05) is 6.92 Å². The molecule has 2 fully saturated rings. The topological polar surface area (TPSA) is 77.9 Å². The Morgan fingerprint density at radius 3 is 2.71 bits per heavy atom. The predicted molar refractivity (Wildman–Crippen MR) is 79.1 cm³/mol. The summed E-state index contributed by atoms with van der Waals surface area (Å²) in [6.45, 7) is 4.96. The number of hydrogen-bond donors (Lipinski definition) is 1. The van der Waals surface area contributed by atoms with Gasteiger partial charge in [0.1, 0.15) is 4.88 Å². The highest BCUT2D eigenvalue weighted by molar-refractivity contribution is 7.89. The highest BCUT2D eigenvalue weighted by atomic mass is 32.2.